The van der Waals surface area contributed by atoms with Crippen LogP contribution in [0.2, 0.25) is 0 Å². The quantitative estimate of drug-likeness (QED) is 0.810. The van der Waals surface area contributed by atoms with Gasteiger partial charge < -0.3 is 10.4 Å². The van der Waals surface area contributed by atoms with Gasteiger partial charge in [0.15, 0.2) is 0 Å². The third-order valence-electron chi connectivity index (χ3n) is 2.28. The van der Waals surface area contributed by atoms with E-state index in [4.69, 9.17) is 0 Å². The van der Waals surface area contributed by atoms with Crippen LogP contribution in [0.1, 0.15) is 24.2 Å². The molecule has 1 atom stereocenters. The van der Waals surface area contributed by atoms with Gasteiger partial charge in [0, 0.05) is 13.0 Å². The maximum absolute atomic E-state index is 12.7. The van der Waals surface area contributed by atoms with Crippen molar-refractivity contribution < 1.29 is 13.9 Å². The molecule has 0 amide bonds. The van der Waals surface area contributed by atoms with E-state index in [1.807, 2.05) is 0 Å². The second kappa shape index (κ2) is 5.37. The lowest BCUT2D eigenvalue weighted by Gasteiger charge is -2.13. The number of likely N-dealkylation sites (N-methyl/N-ethyl adjacent to an activating group) is 1. The molecule has 0 bridgehead atoms. The van der Waals surface area contributed by atoms with Crippen molar-refractivity contribution in [1.82, 2.24) is 5.32 Å². The third kappa shape index (κ3) is 4.24. The van der Waals surface area contributed by atoms with Crippen molar-refractivity contribution in [2.75, 3.05) is 13.6 Å². The normalized spacial score (nSPS) is 13.8. The van der Waals surface area contributed by atoms with Gasteiger partial charge in [0.2, 0.25) is 5.92 Å². The zero-order chi connectivity index (χ0) is 12.2. The number of benzene rings is 1. The molecule has 0 heterocycles. The number of halogens is 2. The third-order valence-corrected chi connectivity index (χ3v) is 2.28. The monoisotopic (exact) mass is 229 g/mol. The lowest BCUT2D eigenvalue weighted by Crippen LogP contribution is -2.17. The summed E-state index contributed by atoms with van der Waals surface area (Å²) in [5.74, 6) is -2.69. The number of aliphatic hydroxyl groups is 1. The Balaban J connectivity index is 2.68. The molecule has 0 aromatic heterocycles. The van der Waals surface area contributed by atoms with Crippen molar-refractivity contribution in [2.24, 2.45) is 0 Å². The Bertz CT molecular complexity index is 319. The van der Waals surface area contributed by atoms with Gasteiger partial charge in [-0.2, -0.15) is 0 Å². The van der Waals surface area contributed by atoms with E-state index in [2.05, 4.69) is 5.32 Å². The summed E-state index contributed by atoms with van der Waals surface area (Å²) in [6, 6.07) is 6.63. The van der Waals surface area contributed by atoms with E-state index in [0.717, 1.165) is 12.5 Å². The molecule has 0 radical (unpaired) electrons. The summed E-state index contributed by atoms with van der Waals surface area (Å²) in [5, 5.41) is 12.5. The van der Waals surface area contributed by atoms with Gasteiger partial charge in [-0.1, -0.05) is 24.3 Å². The van der Waals surface area contributed by atoms with Crippen LogP contribution in [0.4, 0.5) is 8.78 Å². The number of alkyl halides is 2. The second-order valence-corrected chi connectivity index (χ2v) is 4.06. The molecule has 0 saturated carbocycles. The van der Waals surface area contributed by atoms with Gasteiger partial charge in [0.1, 0.15) is 0 Å². The first-order valence-electron chi connectivity index (χ1n) is 5.22. The van der Waals surface area contributed by atoms with Gasteiger partial charge >= 0.3 is 0 Å². The number of aliphatic hydroxyl groups excluding tert-OH is 1. The summed E-state index contributed by atoms with van der Waals surface area (Å²) in [6.07, 6.45) is -0.865. The molecule has 2 nitrogen and oxygen atoms in total. The molecule has 16 heavy (non-hydrogen) atoms. The molecule has 4 heteroatoms. The molecule has 1 rings (SSSR count). The predicted molar refractivity (Wildman–Crippen MR) is 59.7 cm³/mol. The Hall–Kier alpha value is -1.00. The molecular formula is C12H17F2NO. The van der Waals surface area contributed by atoms with Crippen molar-refractivity contribution in [3.63, 3.8) is 0 Å². The van der Waals surface area contributed by atoms with E-state index in [1.54, 1.807) is 31.3 Å². The van der Waals surface area contributed by atoms with Gasteiger partial charge in [-0.25, -0.2) is 8.78 Å². The van der Waals surface area contributed by atoms with Crippen LogP contribution in [0, 0.1) is 0 Å². The summed E-state index contributed by atoms with van der Waals surface area (Å²) in [7, 11) is 1.75. The predicted octanol–water partition coefficient (Wildman–Crippen LogP) is 2.14. The Labute approximate surface area is 94.3 Å². The van der Waals surface area contributed by atoms with Crippen molar-refractivity contribution in [2.45, 2.75) is 25.4 Å². The van der Waals surface area contributed by atoms with Gasteiger partial charge in [-0.3, -0.25) is 0 Å². The fraction of sp³-hybridized carbons (Fsp3) is 0.500. The van der Waals surface area contributed by atoms with E-state index in [-0.39, 0.29) is 6.42 Å². The van der Waals surface area contributed by atoms with Crippen molar-refractivity contribution in [3.05, 3.63) is 35.4 Å². The van der Waals surface area contributed by atoms with Crippen LogP contribution in [0.15, 0.2) is 24.3 Å². The maximum atomic E-state index is 12.7. The highest BCUT2D eigenvalue weighted by Crippen LogP contribution is 2.20. The molecule has 0 saturated heterocycles. The fourth-order valence-corrected chi connectivity index (χ4v) is 1.53. The molecule has 1 aromatic carbocycles. The zero-order valence-electron chi connectivity index (χ0n) is 9.50. The molecule has 1 unspecified atom stereocenters. The number of hydrogen-bond acceptors (Lipinski definition) is 2. The first-order valence-corrected chi connectivity index (χ1v) is 5.22. The topological polar surface area (TPSA) is 32.3 Å². The van der Waals surface area contributed by atoms with E-state index < -0.39 is 12.0 Å². The van der Waals surface area contributed by atoms with Crippen molar-refractivity contribution in [3.8, 4) is 0 Å². The Morgan fingerprint density at radius 3 is 2.31 bits per heavy atom. The van der Waals surface area contributed by atoms with E-state index in [1.165, 1.54) is 0 Å². The fourth-order valence-electron chi connectivity index (χ4n) is 1.53. The summed E-state index contributed by atoms with van der Waals surface area (Å²) in [4.78, 5) is 0. The van der Waals surface area contributed by atoms with Crippen molar-refractivity contribution in [1.29, 1.82) is 0 Å². The lowest BCUT2D eigenvalue weighted by atomic mass is 10.0. The summed E-state index contributed by atoms with van der Waals surface area (Å²) in [5.41, 5.74) is 1.31. The van der Waals surface area contributed by atoms with Crippen LogP contribution in [0.25, 0.3) is 0 Å². The standard InChI is InChI=1S/C12H17F2NO/c1-12(13,14)7-9-3-5-10(6-4-9)11(16)8-15-2/h3-6,11,15-16H,7-8H2,1-2H3. The molecule has 0 aliphatic rings. The number of nitrogens with one attached hydrogen (secondary N) is 1. The molecule has 1 aromatic rings. The first kappa shape index (κ1) is 13.1. The van der Waals surface area contributed by atoms with Gasteiger partial charge in [-0.05, 0) is 25.1 Å². The highest BCUT2D eigenvalue weighted by atomic mass is 19.3. The SMILES string of the molecule is CNCC(O)c1ccc(CC(C)(F)F)cc1. The Kier molecular flexibility index (Phi) is 4.38. The molecule has 0 aliphatic carbocycles. The minimum atomic E-state index is -2.69. The number of rotatable bonds is 5. The molecule has 0 fully saturated rings. The smallest absolute Gasteiger partial charge is 0.249 e. The maximum Gasteiger partial charge on any atom is 0.249 e. The first-order chi connectivity index (χ1) is 7.42. The second-order valence-electron chi connectivity index (χ2n) is 4.06. The molecule has 90 valence electrons. The van der Waals surface area contributed by atoms with Gasteiger partial charge in [-0.15, -0.1) is 0 Å². The van der Waals surface area contributed by atoms with E-state index in [9.17, 15) is 13.9 Å². The van der Waals surface area contributed by atoms with Gasteiger partial charge in [0.25, 0.3) is 0 Å². The van der Waals surface area contributed by atoms with Crippen LogP contribution in [0.5, 0.6) is 0 Å². The molecular weight excluding hydrogens is 212 g/mol. The molecule has 0 aliphatic heterocycles. The van der Waals surface area contributed by atoms with Crippen LogP contribution in [-0.2, 0) is 6.42 Å². The van der Waals surface area contributed by atoms with Gasteiger partial charge in [0.05, 0.1) is 6.10 Å². The van der Waals surface area contributed by atoms with Crippen LogP contribution in [0.3, 0.4) is 0 Å². The summed E-state index contributed by atoms with van der Waals surface area (Å²) in [6.45, 7) is 1.35. The number of hydrogen-bond donors (Lipinski definition) is 2. The highest BCUT2D eigenvalue weighted by molar-refractivity contribution is 5.25. The molecule has 2 N–H and O–H groups in total. The van der Waals surface area contributed by atoms with E-state index >= 15 is 0 Å². The zero-order valence-corrected chi connectivity index (χ0v) is 9.50. The van der Waals surface area contributed by atoms with Crippen molar-refractivity contribution >= 4 is 0 Å². The largest absolute Gasteiger partial charge is 0.387 e. The van der Waals surface area contributed by atoms with Crippen LogP contribution in [-0.4, -0.2) is 24.6 Å². The minimum absolute atomic E-state index is 0.268. The van der Waals surface area contributed by atoms with Crippen LogP contribution < -0.4 is 5.32 Å². The minimum Gasteiger partial charge on any atom is -0.387 e. The summed E-state index contributed by atoms with van der Waals surface area (Å²) >= 11 is 0. The highest BCUT2D eigenvalue weighted by Gasteiger charge is 2.21. The van der Waals surface area contributed by atoms with E-state index in [0.29, 0.717) is 12.1 Å². The Morgan fingerprint density at radius 2 is 1.88 bits per heavy atom. The average molecular weight is 229 g/mol. The average Bonchev–Trinajstić information content (AvgIpc) is 2.16. The van der Waals surface area contributed by atoms with Crippen LogP contribution >= 0.6 is 0 Å². The Morgan fingerprint density at radius 1 is 1.31 bits per heavy atom. The lowest BCUT2D eigenvalue weighted by molar-refractivity contribution is 0.0226. The molecule has 0 spiro atoms. The summed E-state index contributed by atoms with van der Waals surface area (Å²) < 4.78 is 25.5.